The molecule has 28 heavy (non-hydrogen) atoms. The molecule has 0 aliphatic heterocycles. The molecule has 0 unspecified atom stereocenters. The molecule has 0 saturated carbocycles. The van der Waals surface area contributed by atoms with Crippen LogP contribution < -0.4 is 10.6 Å². The Morgan fingerprint density at radius 3 is 2.61 bits per heavy atom. The van der Waals surface area contributed by atoms with Gasteiger partial charge in [-0.15, -0.1) is 12.4 Å². The molecule has 2 N–H and O–H groups in total. The molecule has 2 aromatic carbocycles. The van der Waals surface area contributed by atoms with Crippen LogP contribution in [0.3, 0.4) is 0 Å². The van der Waals surface area contributed by atoms with Crippen molar-refractivity contribution in [3.05, 3.63) is 77.1 Å². The van der Waals surface area contributed by atoms with E-state index in [9.17, 15) is 4.79 Å². The van der Waals surface area contributed by atoms with Crippen LogP contribution in [0.15, 0.2) is 54.6 Å². The van der Waals surface area contributed by atoms with E-state index in [2.05, 4.69) is 22.7 Å². The van der Waals surface area contributed by atoms with Crippen LogP contribution in [0, 0.1) is 0 Å². The van der Waals surface area contributed by atoms with Crippen molar-refractivity contribution in [3.8, 4) is 5.69 Å². The number of para-hydroxylation sites is 2. The Hall–Kier alpha value is -2.63. The number of aromatic nitrogens is 2. The van der Waals surface area contributed by atoms with E-state index in [1.54, 1.807) is 0 Å². The smallest absolute Gasteiger partial charge is 0.276 e. The molecule has 5 nitrogen and oxygen atoms in total. The van der Waals surface area contributed by atoms with Crippen molar-refractivity contribution in [1.29, 1.82) is 0 Å². The number of halogens is 1. The highest BCUT2D eigenvalue weighted by Crippen LogP contribution is 2.28. The van der Waals surface area contributed by atoms with Gasteiger partial charge in [-0.2, -0.15) is 5.10 Å². The topological polar surface area (TPSA) is 58.9 Å². The zero-order valence-corrected chi connectivity index (χ0v) is 16.8. The normalized spacial score (nSPS) is 12.3. The molecular formula is C22H25ClN4O. The Bertz CT molecular complexity index is 952. The zero-order chi connectivity index (χ0) is 18.6. The first-order valence-corrected chi connectivity index (χ1v) is 9.54. The Labute approximate surface area is 171 Å². The molecule has 6 heteroatoms. The predicted molar refractivity (Wildman–Crippen MR) is 115 cm³/mol. The Kier molecular flexibility index (Phi) is 6.49. The molecule has 1 aliphatic rings. The number of carbonyl (C=O) groups is 1. The lowest BCUT2D eigenvalue weighted by molar-refractivity contribution is 0.102. The number of nitrogens with one attached hydrogen (secondary N) is 2. The van der Waals surface area contributed by atoms with E-state index < -0.39 is 0 Å². The molecule has 1 amide bonds. The number of anilines is 1. The minimum Gasteiger partial charge on any atom is -0.320 e. The van der Waals surface area contributed by atoms with E-state index in [4.69, 9.17) is 0 Å². The summed E-state index contributed by atoms with van der Waals surface area (Å²) in [6, 6.07) is 17.9. The lowest BCUT2D eigenvalue weighted by atomic mass is 10.1. The third-order valence-corrected chi connectivity index (χ3v) is 4.98. The third kappa shape index (κ3) is 3.96. The number of carbonyl (C=O) groups excluding carboxylic acids is 1. The predicted octanol–water partition coefficient (Wildman–Crippen LogP) is 4.14. The highest BCUT2D eigenvalue weighted by atomic mass is 35.5. The minimum atomic E-state index is -0.133. The van der Waals surface area contributed by atoms with Gasteiger partial charge in [0.1, 0.15) is 0 Å². The number of hydrogen-bond acceptors (Lipinski definition) is 3. The zero-order valence-electron chi connectivity index (χ0n) is 15.9. The van der Waals surface area contributed by atoms with E-state index in [0.29, 0.717) is 5.69 Å². The van der Waals surface area contributed by atoms with Gasteiger partial charge in [-0.1, -0.05) is 43.3 Å². The highest BCUT2D eigenvalue weighted by Gasteiger charge is 2.27. The Morgan fingerprint density at radius 2 is 1.82 bits per heavy atom. The Morgan fingerprint density at radius 1 is 1.07 bits per heavy atom. The summed E-state index contributed by atoms with van der Waals surface area (Å²) in [5.41, 5.74) is 5.70. The molecule has 0 radical (unpaired) electrons. The lowest BCUT2D eigenvalue weighted by Gasteiger charge is -2.11. The summed E-state index contributed by atoms with van der Waals surface area (Å²) in [6.45, 7) is 3.68. The van der Waals surface area contributed by atoms with E-state index in [1.807, 2.05) is 59.3 Å². The van der Waals surface area contributed by atoms with Gasteiger partial charge in [0, 0.05) is 23.5 Å². The summed E-state index contributed by atoms with van der Waals surface area (Å²) in [7, 11) is 0. The fraction of sp³-hybridized carbons (Fsp3) is 0.273. The monoisotopic (exact) mass is 396 g/mol. The van der Waals surface area contributed by atoms with Crippen LogP contribution in [0.25, 0.3) is 5.69 Å². The van der Waals surface area contributed by atoms with Crippen molar-refractivity contribution in [3.63, 3.8) is 0 Å². The van der Waals surface area contributed by atoms with Gasteiger partial charge in [0.25, 0.3) is 5.91 Å². The van der Waals surface area contributed by atoms with Crippen molar-refractivity contribution < 1.29 is 4.79 Å². The quantitative estimate of drug-likeness (QED) is 0.658. The second kappa shape index (κ2) is 9.04. The summed E-state index contributed by atoms with van der Waals surface area (Å²) in [5, 5.41) is 11.1. The van der Waals surface area contributed by atoms with Gasteiger partial charge in [0.2, 0.25) is 0 Å². The van der Waals surface area contributed by atoms with E-state index >= 15 is 0 Å². The first kappa shape index (κ1) is 20.1. The van der Waals surface area contributed by atoms with Gasteiger partial charge in [0.15, 0.2) is 5.69 Å². The molecule has 1 heterocycles. The van der Waals surface area contributed by atoms with Crippen molar-refractivity contribution in [1.82, 2.24) is 15.1 Å². The molecule has 0 atom stereocenters. The second-order valence-electron chi connectivity index (χ2n) is 6.77. The molecule has 1 aliphatic carbocycles. The van der Waals surface area contributed by atoms with Crippen LogP contribution in [-0.4, -0.2) is 22.2 Å². The van der Waals surface area contributed by atoms with Crippen molar-refractivity contribution in [2.75, 3.05) is 11.9 Å². The summed E-state index contributed by atoms with van der Waals surface area (Å²) in [5.74, 6) is -0.133. The molecule has 3 aromatic rings. The molecule has 0 bridgehead atoms. The van der Waals surface area contributed by atoms with Gasteiger partial charge in [0.05, 0.1) is 5.69 Å². The molecule has 146 valence electrons. The van der Waals surface area contributed by atoms with Crippen LogP contribution in [-0.2, 0) is 19.4 Å². The van der Waals surface area contributed by atoms with Crippen LogP contribution in [0.5, 0.6) is 0 Å². The fourth-order valence-electron chi connectivity index (χ4n) is 3.64. The maximum Gasteiger partial charge on any atom is 0.276 e. The molecule has 0 spiro atoms. The van der Waals surface area contributed by atoms with Gasteiger partial charge >= 0.3 is 0 Å². The number of nitrogens with zero attached hydrogens (tertiary/aromatic N) is 2. The SMILES string of the molecule is CCNCc1ccccc1NC(=O)c1nn(-c2ccccc2)c2c1CCC2.Cl. The van der Waals surface area contributed by atoms with Gasteiger partial charge in [-0.3, -0.25) is 4.79 Å². The van der Waals surface area contributed by atoms with E-state index in [1.165, 1.54) is 0 Å². The number of benzene rings is 2. The third-order valence-electron chi connectivity index (χ3n) is 4.98. The second-order valence-corrected chi connectivity index (χ2v) is 6.77. The summed E-state index contributed by atoms with van der Waals surface area (Å²) >= 11 is 0. The molecule has 0 saturated heterocycles. The van der Waals surface area contributed by atoms with Crippen LogP contribution in [0.2, 0.25) is 0 Å². The van der Waals surface area contributed by atoms with Gasteiger partial charge in [-0.25, -0.2) is 4.68 Å². The molecule has 4 rings (SSSR count). The largest absolute Gasteiger partial charge is 0.320 e. The van der Waals surface area contributed by atoms with Gasteiger partial charge in [-0.05, 0) is 49.6 Å². The first-order chi connectivity index (χ1) is 13.3. The number of rotatable bonds is 6. The average molecular weight is 397 g/mol. The molecule has 1 aromatic heterocycles. The van der Waals surface area contributed by atoms with E-state index in [0.717, 1.165) is 60.5 Å². The van der Waals surface area contributed by atoms with Crippen molar-refractivity contribution in [2.24, 2.45) is 0 Å². The standard InChI is InChI=1S/C22H24N4O.ClH/c1-2-23-15-16-9-6-7-13-19(16)24-22(27)21-18-12-8-14-20(18)26(25-21)17-10-4-3-5-11-17;/h3-7,9-11,13,23H,2,8,12,14-15H2,1H3,(H,24,27);1H. The van der Waals surface area contributed by atoms with Crippen LogP contribution >= 0.6 is 12.4 Å². The number of hydrogen-bond donors (Lipinski definition) is 2. The van der Waals surface area contributed by atoms with Crippen LogP contribution in [0.4, 0.5) is 5.69 Å². The highest BCUT2D eigenvalue weighted by molar-refractivity contribution is 6.04. The van der Waals surface area contributed by atoms with Crippen molar-refractivity contribution in [2.45, 2.75) is 32.7 Å². The minimum absolute atomic E-state index is 0. The summed E-state index contributed by atoms with van der Waals surface area (Å²) < 4.78 is 1.93. The molecule has 0 fully saturated rings. The average Bonchev–Trinajstić information content (AvgIpc) is 3.30. The number of amides is 1. The Balaban J connectivity index is 0.00000225. The van der Waals surface area contributed by atoms with Crippen molar-refractivity contribution >= 4 is 24.0 Å². The van der Waals surface area contributed by atoms with Crippen LogP contribution in [0.1, 0.15) is 40.7 Å². The first-order valence-electron chi connectivity index (χ1n) is 9.54. The van der Waals surface area contributed by atoms with Gasteiger partial charge < -0.3 is 10.6 Å². The lowest BCUT2D eigenvalue weighted by Crippen LogP contribution is -2.18. The van der Waals surface area contributed by atoms with E-state index in [-0.39, 0.29) is 18.3 Å². The maximum atomic E-state index is 13.0. The molecular weight excluding hydrogens is 372 g/mol. The number of fused-ring (bicyclic) bond motifs is 1. The summed E-state index contributed by atoms with van der Waals surface area (Å²) in [4.78, 5) is 13.0. The summed E-state index contributed by atoms with van der Waals surface area (Å²) in [6.07, 6.45) is 2.93. The maximum absolute atomic E-state index is 13.0. The fourth-order valence-corrected chi connectivity index (χ4v) is 3.64.